The number of fused-ring (bicyclic) bond motifs is 3. The topological polar surface area (TPSA) is 89.7 Å². The van der Waals surface area contributed by atoms with E-state index in [0.717, 1.165) is 48.3 Å². The summed E-state index contributed by atoms with van der Waals surface area (Å²) < 4.78 is 13.8. The molecule has 1 aliphatic heterocycles. The van der Waals surface area contributed by atoms with Gasteiger partial charge in [0, 0.05) is 37.7 Å². The van der Waals surface area contributed by atoms with Gasteiger partial charge >= 0.3 is 5.97 Å². The number of ether oxygens (including phenoxy) is 2. The van der Waals surface area contributed by atoms with Crippen molar-refractivity contribution in [2.24, 2.45) is 7.05 Å². The Labute approximate surface area is 228 Å². The first-order valence-corrected chi connectivity index (χ1v) is 13.5. The summed E-state index contributed by atoms with van der Waals surface area (Å²) in [7, 11) is 3.43. The van der Waals surface area contributed by atoms with Crippen molar-refractivity contribution in [2.75, 3.05) is 13.7 Å². The molecule has 4 aromatic rings. The molecule has 2 atom stereocenters. The number of para-hydroxylation sites is 1. The molecule has 0 bridgehead atoms. The molecule has 202 valence electrons. The van der Waals surface area contributed by atoms with Crippen LogP contribution >= 0.6 is 0 Å². The molecule has 2 unspecified atom stereocenters. The zero-order valence-electron chi connectivity index (χ0n) is 22.8. The van der Waals surface area contributed by atoms with Crippen LogP contribution in [0, 0.1) is 0 Å². The largest absolute Gasteiger partial charge is 0.494 e. The van der Waals surface area contributed by atoms with Gasteiger partial charge in [0.15, 0.2) is 0 Å². The quantitative estimate of drug-likeness (QED) is 0.367. The van der Waals surface area contributed by atoms with Crippen LogP contribution in [0.15, 0.2) is 54.6 Å². The van der Waals surface area contributed by atoms with Gasteiger partial charge in [-0.15, -0.1) is 5.10 Å². The van der Waals surface area contributed by atoms with Crippen LogP contribution in [0.3, 0.4) is 0 Å². The second-order valence-corrected chi connectivity index (χ2v) is 11.3. The predicted molar refractivity (Wildman–Crippen MR) is 148 cm³/mol. The number of carboxylic acids is 1. The summed E-state index contributed by atoms with van der Waals surface area (Å²) in [6.45, 7) is 5.91. The van der Waals surface area contributed by atoms with E-state index in [-0.39, 0.29) is 24.0 Å². The van der Waals surface area contributed by atoms with Gasteiger partial charge in [-0.2, -0.15) is 0 Å². The molecule has 3 aromatic carbocycles. The Morgan fingerprint density at radius 2 is 1.97 bits per heavy atom. The maximum atomic E-state index is 12.1. The standard InChI is InChI=1S/C31H34N4O4/c1-31(2)18-35(17-21-7-5-6-8-27(21)39-31)26-12-11-19-9-10-20(13-24(19)26)23(16-29(36)37)22-14-25-30(28(15-22)38-4)34(3)33-32-25/h5-10,13-15,23,26H,11-12,16-18H2,1-4H3,(H,36,37). The number of aliphatic carboxylic acids is 1. The van der Waals surface area contributed by atoms with Gasteiger partial charge in [0.05, 0.1) is 13.5 Å². The van der Waals surface area contributed by atoms with Gasteiger partial charge in [0.25, 0.3) is 0 Å². The van der Waals surface area contributed by atoms with Gasteiger partial charge in [-0.25, -0.2) is 4.68 Å². The van der Waals surface area contributed by atoms with Gasteiger partial charge in [0.2, 0.25) is 0 Å². The summed E-state index contributed by atoms with van der Waals surface area (Å²) in [6.07, 6.45) is 2.00. The first-order valence-electron chi connectivity index (χ1n) is 13.5. The molecule has 0 saturated carbocycles. The number of aryl methyl sites for hydroxylation is 2. The molecule has 2 aliphatic rings. The van der Waals surface area contributed by atoms with Crippen LogP contribution in [-0.2, 0) is 24.8 Å². The molecule has 2 heterocycles. The van der Waals surface area contributed by atoms with Crippen LogP contribution < -0.4 is 9.47 Å². The third kappa shape index (κ3) is 4.74. The average Bonchev–Trinajstić information content (AvgIpc) is 3.46. The number of hydrogen-bond donors (Lipinski definition) is 1. The van der Waals surface area contributed by atoms with Gasteiger partial charge in [-0.1, -0.05) is 41.6 Å². The number of rotatable bonds is 6. The predicted octanol–water partition coefficient (Wildman–Crippen LogP) is 5.24. The maximum absolute atomic E-state index is 12.1. The highest BCUT2D eigenvalue weighted by Gasteiger charge is 2.36. The normalized spacial score (nSPS) is 19.1. The van der Waals surface area contributed by atoms with Crippen molar-refractivity contribution in [3.05, 3.63) is 82.4 Å². The van der Waals surface area contributed by atoms with Crippen LogP contribution in [0.2, 0.25) is 0 Å². The number of aromatic nitrogens is 3. The van der Waals surface area contributed by atoms with E-state index in [0.29, 0.717) is 11.3 Å². The molecule has 0 saturated heterocycles. The molecule has 8 heteroatoms. The highest BCUT2D eigenvalue weighted by atomic mass is 16.5. The minimum absolute atomic E-state index is 0.0314. The number of hydrogen-bond acceptors (Lipinski definition) is 6. The lowest BCUT2D eigenvalue weighted by Crippen LogP contribution is -2.41. The van der Waals surface area contributed by atoms with Crippen molar-refractivity contribution in [1.82, 2.24) is 19.9 Å². The lowest BCUT2D eigenvalue weighted by Gasteiger charge is -2.34. The SMILES string of the molecule is COc1cc(C(CC(=O)O)c2ccc3c(c2)C(N2Cc4ccccc4OC(C)(C)C2)CC3)cc2nnn(C)c12. The minimum atomic E-state index is -0.849. The summed E-state index contributed by atoms with van der Waals surface area (Å²) in [4.78, 5) is 14.6. The van der Waals surface area contributed by atoms with Crippen LogP contribution in [-0.4, -0.2) is 50.2 Å². The number of carbonyl (C=O) groups is 1. The van der Waals surface area contributed by atoms with Gasteiger partial charge < -0.3 is 14.6 Å². The van der Waals surface area contributed by atoms with Crippen molar-refractivity contribution in [1.29, 1.82) is 0 Å². The zero-order chi connectivity index (χ0) is 27.3. The van der Waals surface area contributed by atoms with Crippen molar-refractivity contribution < 1.29 is 19.4 Å². The monoisotopic (exact) mass is 526 g/mol. The van der Waals surface area contributed by atoms with Gasteiger partial charge in [-0.05, 0) is 67.1 Å². The summed E-state index contributed by atoms with van der Waals surface area (Å²) in [5, 5.41) is 18.3. The van der Waals surface area contributed by atoms with E-state index >= 15 is 0 Å². The summed E-state index contributed by atoms with van der Waals surface area (Å²) in [6, 6.07) is 18.9. The fourth-order valence-electron chi connectivity index (χ4n) is 6.38. The number of nitrogens with zero attached hydrogens (tertiary/aromatic N) is 4. The molecule has 0 fully saturated rings. The molecule has 1 aliphatic carbocycles. The minimum Gasteiger partial charge on any atom is -0.494 e. The van der Waals surface area contributed by atoms with E-state index < -0.39 is 5.97 Å². The average molecular weight is 527 g/mol. The molecule has 0 spiro atoms. The molecule has 1 aromatic heterocycles. The Hall–Kier alpha value is -3.91. The molecule has 6 rings (SSSR count). The van der Waals surface area contributed by atoms with E-state index in [4.69, 9.17) is 9.47 Å². The lowest BCUT2D eigenvalue weighted by molar-refractivity contribution is -0.137. The van der Waals surface area contributed by atoms with Crippen molar-refractivity contribution >= 4 is 17.0 Å². The Morgan fingerprint density at radius 1 is 1.15 bits per heavy atom. The highest BCUT2D eigenvalue weighted by molar-refractivity contribution is 5.83. The summed E-state index contributed by atoms with van der Waals surface area (Å²) in [5.41, 5.74) is 6.79. The van der Waals surface area contributed by atoms with Crippen LogP contribution in [0.1, 0.15) is 66.5 Å². The van der Waals surface area contributed by atoms with Crippen molar-refractivity contribution in [3.8, 4) is 11.5 Å². The molecule has 39 heavy (non-hydrogen) atoms. The van der Waals surface area contributed by atoms with E-state index in [9.17, 15) is 9.90 Å². The van der Waals surface area contributed by atoms with Gasteiger partial charge in [-0.3, -0.25) is 9.69 Å². The Balaban J connectivity index is 1.40. The van der Waals surface area contributed by atoms with Crippen LogP contribution in [0.5, 0.6) is 11.5 Å². The van der Waals surface area contributed by atoms with E-state index in [1.54, 1.807) is 11.8 Å². The number of methoxy groups -OCH3 is 1. The van der Waals surface area contributed by atoms with E-state index in [1.807, 2.05) is 25.2 Å². The molecular weight excluding hydrogens is 492 g/mol. The fourth-order valence-corrected chi connectivity index (χ4v) is 6.38. The molecule has 0 amide bonds. The Morgan fingerprint density at radius 3 is 2.77 bits per heavy atom. The third-order valence-electron chi connectivity index (χ3n) is 8.06. The fraction of sp³-hybridized carbons (Fsp3) is 0.387. The summed E-state index contributed by atoms with van der Waals surface area (Å²) in [5.74, 6) is 0.388. The Kier molecular flexibility index (Phi) is 6.30. The second kappa shape index (κ2) is 9.68. The van der Waals surface area contributed by atoms with Crippen molar-refractivity contribution in [2.45, 2.75) is 57.2 Å². The van der Waals surface area contributed by atoms with Gasteiger partial charge in [0.1, 0.15) is 28.1 Å². The second-order valence-electron chi connectivity index (χ2n) is 11.3. The molecule has 8 nitrogen and oxygen atoms in total. The lowest BCUT2D eigenvalue weighted by atomic mass is 9.86. The van der Waals surface area contributed by atoms with Crippen LogP contribution in [0.25, 0.3) is 11.0 Å². The van der Waals surface area contributed by atoms with Crippen LogP contribution in [0.4, 0.5) is 0 Å². The smallest absolute Gasteiger partial charge is 0.304 e. The molecule has 1 N–H and O–H groups in total. The highest BCUT2D eigenvalue weighted by Crippen LogP contribution is 2.43. The Bertz CT molecular complexity index is 1560. The zero-order valence-corrected chi connectivity index (χ0v) is 22.8. The number of benzene rings is 3. The number of carboxylic acid groups (broad SMARTS) is 1. The first kappa shape index (κ1) is 25.4. The third-order valence-corrected chi connectivity index (χ3v) is 8.06. The molecular formula is C31H34N4O4. The van der Waals surface area contributed by atoms with E-state index in [2.05, 4.69) is 65.5 Å². The van der Waals surface area contributed by atoms with E-state index in [1.165, 1.54) is 16.7 Å². The van der Waals surface area contributed by atoms with Crippen molar-refractivity contribution in [3.63, 3.8) is 0 Å². The first-order chi connectivity index (χ1) is 18.7. The maximum Gasteiger partial charge on any atom is 0.304 e. The summed E-state index contributed by atoms with van der Waals surface area (Å²) >= 11 is 0. The molecule has 0 radical (unpaired) electrons.